The van der Waals surface area contributed by atoms with Crippen LogP contribution in [-0.2, 0) is 21.4 Å². The van der Waals surface area contributed by atoms with Gasteiger partial charge in [-0.2, -0.15) is 9.40 Å². The number of hydrogen-bond acceptors (Lipinski definition) is 7. The molecular formula is C27H30FN5O4S2. The Morgan fingerprint density at radius 2 is 1.97 bits per heavy atom. The summed E-state index contributed by atoms with van der Waals surface area (Å²) in [7, 11) is -4.01. The summed E-state index contributed by atoms with van der Waals surface area (Å²) >= 11 is 1.36. The van der Waals surface area contributed by atoms with Crippen molar-refractivity contribution in [2.45, 2.75) is 51.1 Å². The van der Waals surface area contributed by atoms with Crippen LogP contribution in [0.1, 0.15) is 31.2 Å². The number of benzene rings is 2. The molecule has 0 radical (unpaired) electrons. The Labute approximate surface area is 230 Å². The van der Waals surface area contributed by atoms with Crippen molar-refractivity contribution in [2.24, 2.45) is 0 Å². The number of amides is 1. The van der Waals surface area contributed by atoms with Gasteiger partial charge in [-0.15, -0.1) is 0 Å². The molecule has 1 atom stereocenters. The maximum absolute atomic E-state index is 14.2. The summed E-state index contributed by atoms with van der Waals surface area (Å²) in [6, 6.07) is 11.4. The fourth-order valence-corrected chi connectivity index (χ4v) is 7.56. The van der Waals surface area contributed by atoms with Gasteiger partial charge < -0.3 is 4.74 Å². The van der Waals surface area contributed by atoms with Gasteiger partial charge in [0.2, 0.25) is 15.9 Å². The van der Waals surface area contributed by atoms with Crippen LogP contribution < -0.4 is 9.64 Å². The van der Waals surface area contributed by atoms with Gasteiger partial charge in [-0.05, 0) is 76.1 Å². The molecule has 1 fully saturated rings. The molecule has 5 rings (SSSR count). The number of rotatable bonds is 9. The summed E-state index contributed by atoms with van der Waals surface area (Å²) in [6.45, 7) is 7.11. The van der Waals surface area contributed by atoms with Crippen LogP contribution >= 0.6 is 11.3 Å². The van der Waals surface area contributed by atoms with Gasteiger partial charge >= 0.3 is 0 Å². The Balaban J connectivity index is 1.51. The Morgan fingerprint density at radius 3 is 2.67 bits per heavy atom. The number of ether oxygens (including phenoxy) is 1. The van der Waals surface area contributed by atoms with E-state index in [1.165, 1.54) is 27.8 Å². The SMILES string of the molecule is CCOc1cccc2sc(N(CCn3nc(C)cc3C)C(=O)C3CCCN3S(=O)(=O)c3ccc(F)cc3)nc12. The number of fused-ring (bicyclic) bond motifs is 1. The number of hydrogen-bond donors (Lipinski definition) is 0. The van der Waals surface area contributed by atoms with Crippen molar-refractivity contribution < 1.29 is 22.3 Å². The fourth-order valence-electron chi connectivity index (χ4n) is 4.89. The molecule has 0 aliphatic carbocycles. The first kappa shape index (κ1) is 27.2. The van der Waals surface area contributed by atoms with E-state index in [1.807, 2.05) is 49.7 Å². The van der Waals surface area contributed by atoms with E-state index >= 15 is 0 Å². The third kappa shape index (κ3) is 5.41. The summed E-state index contributed by atoms with van der Waals surface area (Å²) in [5.74, 6) is -0.248. The number of aromatic nitrogens is 3. The monoisotopic (exact) mass is 571 g/mol. The molecule has 39 heavy (non-hydrogen) atoms. The summed E-state index contributed by atoms with van der Waals surface area (Å²) in [6.07, 6.45) is 0.918. The van der Waals surface area contributed by atoms with Gasteiger partial charge in [0.05, 0.1) is 28.4 Å². The zero-order valence-corrected chi connectivity index (χ0v) is 23.6. The average Bonchev–Trinajstić information content (AvgIpc) is 3.63. The number of carbonyl (C=O) groups excluding carboxylic acids is 1. The second-order valence-electron chi connectivity index (χ2n) is 9.40. The van der Waals surface area contributed by atoms with Gasteiger partial charge in [0.25, 0.3) is 0 Å². The van der Waals surface area contributed by atoms with Gasteiger partial charge in [0, 0.05) is 18.8 Å². The predicted octanol–water partition coefficient (Wildman–Crippen LogP) is 4.53. The van der Waals surface area contributed by atoms with E-state index in [2.05, 4.69) is 5.10 Å². The van der Waals surface area contributed by atoms with Crippen LogP contribution in [0, 0.1) is 19.7 Å². The first-order valence-electron chi connectivity index (χ1n) is 12.8. The van der Waals surface area contributed by atoms with Gasteiger partial charge in [-0.25, -0.2) is 17.8 Å². The molecule has 2 aromatic carbocycles. The van der Waals surface area contributed by atoms with E-state index in [1.54, 1.807) is 4.90 Å². The van der Waals surface area contributed by atoms with Crippen LogP contribution in [-0.4, -0.2) is 59.1 Å². The van der Waals surface area contributed by atoms with E-state index in [0.29, 0.717) is 42.4 Å². The molecule has 1 unspecified atom stereocenters. The number of thiazole rings is 1. The van der Waals surface area contributed by atoms with Crippen molar-refractivity contribution in [3.8, 4) is 5.75 Å². The first-order valence-corrected chi connectivity index (χ1v) is 15.1. The molecule has 9 nitrogen and oxygen atoms in total. The smallest absolute Gasteiger partial charge is 0.247 e. The third-order valence-corrected chi connectivity index (χ3v) is 9.68. The Kier molecular flexibility index (Phi) is 7.70. The number of aryl methyl sites for hydroxylation is 2. The largest absolute Gasteiger partial charge is 0.492 e. The lowest BCUT2D eigenvalue weighted by atomic mass is 10.2. The molecular weight excluding hydrogens is 541 g/mol. The minimum Gasteiger partial charge on any atom is -0.492 e. The number of halogens is 1. The lowest BCUT2D eigenvalue weighted by Crippen LogP contribution is -2.48. The molecule has 1 aliphatic rings. The maximum atomic E-state index is 14.2. The van der Waals surface area contributed by atoms with Gasteiger partial charge in [0.1, 0.15) is 23.1 Å². The lowest BCUT2D eigenvalue weighted by molar-refractivity contribution is -0.121. The van der Waals surface area contributed by atoms with Crippen LogP contribution in [0.15, 0.2) is 53.4 Å². The zero-order chi connectivity index (χ0) is 27.7. The number of anilines is 1. The molecule has 0 N–H and O–H groups in total. The van der Waals surface area contributed by atoms with Crippen LogP contribution in [0.2, 0.25) is 0 Å². The molecule has 0 saturated carbocycles. The van der Waals surface area contributed by atoms with Crippen molar-refractivity contribution in [3.05, 3.63) is 65.7 Å². The van der Waals surface area contributed by atoms with E-state index < -0.39 is 21.9 Å². The molecule has 206 valence electrons. The molecule has 12 heteroatoms. The van der Waals surface area contributed by atoms with Crippen LogP contribution in [0.3, 0.4) is 0 Å². The number of para-hydroxylation sites is 1. The Morgan fingerprint density at radius 1 is 1.21 bits per heavy atom. The van der Waals surface area contributed by atoms with E-state index in [4.69, 9.17) is 9.72 Å². The lowest BCUT2D eigenvalue weighted by Gasteiger charge is -2.28. The highest BCUT2D eigenvalue weighted by molar-refractivity contribution is 7.89. The zero-order valence-electron chi connectivity index (χ0n) is 22.0. The summed E-state index contributed by atoms with van der Waals surface area (Å²) in [5.41, 5.74) is 2.49. The highest BCUT2D eigenvalue weighted by Crippen LogP contribution is 2.36. The highest BCUT2D eigenvalue weighted by atomic mass is 32.2. The minimum absolute atomic E-state index is 0.0425. The van der Waals surface area contributed by atoms with Crippen molar-refractivity contribution in [2.75, 3.05) is 24.6 Å². The Hall–Kier alpha value is -3.35. The standard InChI is InChI=1S/C27H30FN5O4S2/c1-4-37-23-8-5-9-24-25(23)29-27(38-24)31(15-16-32-19(3)17-18(2)30-32)26(34)22-7-6-14-33(22)39(35,36)21-12-10-20(28)11-13-21/h5,8-13,17,22H,4,6-7,14-16H2,1-3H3. The van der Waals surface area contributed by atoms with E-state index in [9.17, 15) is 17.6 Å². The molecule has 0 spiro atoms. The van der Waals surface area contributed by atoms with Crippen molar-refractivity contribution in [3.63, 3.8) is 0 Å². The molecule has 2 aromatic heterocycles. The second-order valence-corrected chi connectivity index (χ2v) is 12.3. The van der Waals surface area contributed by atoms with Crippen LogP contribution in [0.25, 0.3) is 10.2 Å². The molecule has 1 amide bonds. The van der Waals surface area contributed by atoms with Gasteiger partial charge in [-0.3, -0.25) is 14.4 Å². The molecule has 1 saturated heterocycles. The molecule has 1 aliphatic heterocycles. The summed E-state index contributed by atoms with van der Waals surface area (Å²) in [4.78, 5) is 20.5. The number of nitrogens with zero attached hydrogens (tertiary/aromatic N) is 5. The normalized spacial score (nSPS) is 16.2. The van der Waals surface area contributed by atoms with Gasteiger partial charge in [0.15, 0.2) is 5.13 Å². The topological polar surface area (TPSA) is 97.6 Å². The third-order valence-electron chi connectivity index (χ3n) is 6.72. The number of carbonyl (C=O) groups is 1. The highest BCUT2D eigenvalue weighted by Gasteiger charge is 2.42. The van der Waals surface area contributed by atoms with Crippen LogP contribution in [0.4, 0.5) is 9.52 Å². The summed E-state index contributed by atoms with van der Waals surface area (Å²) in [5, 5.41) is 4.99. The summed E-state index contributed by atoms with van der Waals surface area (Å²) < 4.78 is 50.1. The van der Waals surface area contributed by atoms with Crippen LogP contribution in [0.5, 0.6) is 5.75 Å². The second kappa shape index (κ2) is 11.0. The van der Waals surface area contributed by atoms with Crippen molar-refractivity contribution >= 4 is 42.6 Å². The quantitative estimate of drug-likeness (QED) is 0.293. The average molecular weight is 572 g/mol. The molecule has 3 heterocycles. The van der Waals surface area contributed by atoms with Gasteiger partial charge in [-0.1, -0.05) is 17.4 Å². The molecule has 0 bridgehead atoms. The van der Waals surface area contributed by atoms with E-state index in [0.717, 1.165) is 28.2 Å². The molecule has 4 aromatic rings. The fraction of sp³-hybridized carbons (Fsp3) is 0.370. The van der Waals surface area contributed by atoms with Crippen molar-refractivity contribution in [1.29, 1.82) is 0 Å². The number of sulfonamides is 1. The minimum atomic E-state index is -4.01. The van der Waals surface area contributed by atoms with E-state index in [-0.39, 0.29) is 23.9 Å². The predicted molar refractivity (Wildman–Crippen MR) is 148 cm³/mol. The van der Waals surface area contributed by atoms with Crippen molar-refractivity contribution in [1.82, 2.24) is 19.1 Å². The maximum Gasteiger partial charge on any atom is 0.247 e. The Bertz CT molecular complexity index is 1600. The first-order chi connectivity index (χ1) is 18.7.